The van der Waals surface area contributed by atoms with Crippen LogP contribution in [0.2, 0.25) is 0 Å². The molecular formula is C27H26N2O3. The quantitative estimate of drug-likeness (QED) is 0.462. The van der Waals surface area contributed by atoms with E-state index in [0.29, 0.717) is 11.3 Å². The summed E-state index contributed by atoms with van der Waals surface area (Å²) in [7, 11) is 1.56. The largest absolute Gasteiger partial charge is 0.504 e. The fourth-order valence-corrected chi connectivity index (χ4v) is 4.96. The average Bonchev–Trinajstić information content (AvgIpc) is 3.30. The number of nitrogens with one attached hydrogen (secondary N) is 2. The maximum Gasteiger partial charge on any atom is 0.255 e. The van der Waals surface area contributed by atoms with E-state index in [0.717, 1.165) is 34.5 Å². The Balaban J connectivity index is 1.46. The highest BCUT2D eigenvalue weighted by molar-refractivity contribution is 6.05. The van der Waals surface area contributed by atoms with Crippen molar-refractivity contribution < 1.29 is 14.6 Å². The van der Waals surface area contributed by atoms with Crippen LogP contribution in [0.1, 0.15) is 45.4 Å². The van der Waals surface area contributed by atoms with E-state index in [1.807, 2.05) is 55.5 Å². The fourth-order valence-electron chi connectivity index (χ4n) is 4.96. The number of aromatic hydroxyl groups is 1. The van der Waals surface area contributed by atoms with E-state index in [2.05, 4.69) is 28.9 Å². The van der Waals surface area contributed by atoms with Gasteiger partial charge in [-0.1, -0.05) is 42.5 Å². The number of phenols is 1. The van der Waals surface area contributed by atoms with Gasteiger partial charge < -0.3 is 20.5 Å². The minimum atomic E-state index is -0.107. The lowest BCUT2D eigenvalue weighted by Gasteiger charge is -2.38. The SMILES string of the molecule is COc1cccc(C2Nc3ccc(NC(=O)c4ccccc4C)cc3C3C=CCC32)c1O. The first-order valence-corrected chi connectivity index (χ1v) is 10.9. The number of fused-ring (bicyclic) bond motifs is 3. The summed E-state index contributed by atoms with van der Waals surface area (Å²) in [6.45, 7) is 1.94. The summed E-state index contributed by atoms with van der Waals surface area (Å²) in [6.07, 6.45) is 5.36. The number of rotatable bonds is 4. The summed E-state index contributed by atoms with van der Waals surface area (Å²) in [5.41, 5.74) is 5.41. The van der Waals surface area contributed by atoms with Gasteiger partial charge in [0.05, 0.1) is 13.2 Å². The number of carbonyl (C=O) groups excluding carboxylic acids is 1. The molecular weight excluding hydrogens is 400 g/mol. The Morgan fingerprint density at radius 3 is 2.75 bits per heavy atom. The molecule has 1 heterocycles. The van der Waals surface area contributed by atoms with Crippen molar-refractivity contribution in [1.29, 1.82) is 0 Å². The van der Waals surface area contributed by atoms with E-state index in [1.165, 1.54) is 0 Å². The second-order valence-electron chi connectivity index (χ2n) is 8.44. The van der Waals surface area contributed by atoms with E-state index in [1.54, 1.807) is 13.2 Å². The average molecular weight is 427 g/mol. The highest BCUT2D eigenvalue weighted by Gasteiger charge is 2.39. The second kappa shape index (κ2) is 8.08. The number of carbonyl (C=O) groups is 1. The van der Waals surface area contributed by atoms with Crippen LogP contribution in [0.5, 0.6) is 11.5 Å². The summed E-state index contributed by atoms with van der Waals surface area (Å²) in [4.78, 5) is 12.8. The summed E-state index contributed by atoms with van der Waals surface area (Å²) >= 11 is 0. The summed E-state index contributed by atoms with van der Waals surface area (Å²) in [5, 5.41) is 17.4. The van der Waals surface area contributed by atoms with Crippen LogP contribution in [0.3, 0.4) is 0 Å². The number of methoxy groups -OCH3 is 1. The van der Waals surface area contributed by atoms with Crippen LogP contribution in [0, 0.1) is 12.8 Å². The Morgan fingerprint density at radius 1 is 1.09 bits per heavy atom. The third kappa shape index (κ3) is 3.40. The van der Waals surface area contributed by atoms with Gasteiger partial charge in [0.1, 0.15) is 0 Å². The zero-order valence-electron chi connectivity index (χ0n) is 18.1. The minimum absolute atomic E-state index is 0.0370. The number of phenolic OH excluding ortho intramolecular Hbond substituents is 1. The zero-order valence-corrected chi connectivity index (χ0v) is 18.1. The molecule has 5 heteroatoms. The number of benzene rings is 3. The number of amides is 1. The number of allylic oxidation sites excluding steroid dienone is 2. The van der Waals surface area contributed by atoms with Crippen molar-refractivity contribution in [2.75, 3.05) is 17.7 Å². The molecule has 5 nitrogen and oxygen atoms in total. The number of anilines is 2. The molecule has 2 aliphatic rings. The summed E-state index contributed by atoms with van der Waals surface area (Å²) < 4.78 is 5.32. The smallest absolute Gasteiger partial charge is 0.255 e. The molecule has 0 bridgehead atoms. The van der Waals surface area contributed by atoms with Crippen molar-refractivity contribution in [3.8, 4) is 11.5 Å². The van der Waals surface area contributed by atoms with Gasteiger partial charge in [-0.2, -0.15) is 0 Å². The standard InChI is InChI=1S/C27H26N2O3/c1-16-7-3-4-8-18(16)27(31)28-17-13-14-23-22(15-17)19-9-5-10-20(19)25(29-23)21-11-6-12-24(32-2)26(21)30/h3-9,11-15,19-20,25,29-30H,10H2,1-2H3,(H,28,31). The predicted octanol–water partition coefficient (Wildman–Crippen LogP) is 5.79. The monoisotopic (exact) mass is 426 g/mol. The van der Waals surface area contributed by atoms with Crippen LogP contribution in [0.15, 0.2) is 72.8 Å². The second-order valence-corrected chi connectivity index (χ2v) is 8.44. The van der Waals surface area contributed by atoms with Crippen LogP contribution in [-0.4, -0.2) is 18.1 Å². The Hall–Kier alpha value is -3.73. The molecule has 32 heavy (non-hydrogen) atoms. The third-order valence-corrected chi connectivity index (χ3v) is 6.60. The van der Waals surface area contributed by atoms with E-state index in [9.17, 15) is 9.90 Å². The number of ether oxygens (including phenoxy) is 1. The molecule has 0 fully saturated rings. The van der Waals surface area contributed by atoms with Gasteiger partial charge in [-0.15, -0.1) is 0 Å². The Bertz CT molecular complexity index is 1220. The van der Waals surface area contributed by atoms with Crippen molar-refractivity contribution in [3.63, 3.8) is 0 Å². The van der Waals surface area contributed by atoms with Gasteiger partial charge in [0, 0.05) is 28.4 Å². The van der Waals surface area contributed by atoms with Crippen molar-refractivity contribution in [3.05, 3.63) is 95.1 Å². The van der Waals surface area contributed by atoms with Gasteiger partial charge >= 0.3 is 0 Å². The topological polar surface area (TPSA) is 70.6 Å². The van der Waals surface area contributed by atoms with Gasteiger partial charge in [-0.25, -0.2) is 0 Å². The molecule has 3 aromatic carbocycles. The Morgan fingerprint density at radius 2 is 1.94 bits per heavy atom. The number of hydrogen-bond donors (Lipinski definition) is 3. The molecule has 1 aliphatic carbocycles. The molecule has 0 saturated carbocycles. The predicted molar refractivity (Wildman–Crippen MR) is 127 cm³/mol. The maximum atomic E-state index is 12.8. The summed E-state index contributed by atoms with van der Waals surface area (Å²) in [6, 6.07) is 19.2. The highest BCUT2D eigenvalue weighted by atomic mass is 16.5. The van der Waals surface area contributed by atoms with Gasteiger partial charge in [0.25, 0.3) is 5.91 Å². The Labute approximate surface area is 187 Å². The normalized spacial score (nSPS) is 20.8. The Kier molecular flexibility index (Phi) is 5.10. The van der Waals surface area contributed by atoms with Crippen LogP contribution in [0.25, 0.3) is 0 Å². The first-order chi connectivity index (χ1) is 15.6. The van der Waals surface area contributed by atoms with Crippen LogP contribution in [-0.2, 0) is 0 Å². The van der Waals surface area contributed by atoms with Gasteiger partial charge in [0.2, 0.25) is 0 Å². The fraction of sp³-hybridized carbons (Fsp3) is 0.222. The molecule has 0 spiro atoms. The first-order valence-electron chi connectivity index (χ1n) is 10.9. The van der Waals surface area contributed by atoms with Crippen molar-refractivity contribution in [2.24, 2.45) is 5.92 Å². The van der Waals surface area contributed by atoms with Crippen molar-refractivity contribution in [1.82, 2.24) is 0 Å². The van der Waals surface area contributed by atoms with E-state index >= 15 is 0 Å². The maximum absolute atomic E-state index is 12.8. The molecule has 0 saturated heterocycles. The van der Waals surface area contributed by atoms with Crippen LogP contribution in [0.4, 0.5) is 11.4 Å². The highest BCUT2D eigenvalue weighted by Crippen LogP contribution is 2.52. The molecule has 1 aliphatic heterocycles. The molecule has 3 atom stereocenters. The number of para-hydroxylation sites is 1. The molecule has 3 aromatic rings. The lowest BCUT2D eigenvalue weighted by Crippen LogP contribution is -2.29. The summed E-state index contributed by atoms with van der Waals surface area (Å²) in [5.74, 6) is 1.03. The lowest BCUT2D eigenvalue weighted by molar-refractivity contribution is 0.102. The molecule has 0 aromatic heterocycles. The number of aryl methyl sites for hydroxylation is 1. The zero-order chi connectivity index (χ0) is 22.2. The van der Waals surface area contributed by atoms with Gasteiger partial charge in [-0.05, 0) is 60.7 Å². The van der Waals surface area contributed by atoms with Gasteiger partial charge in [0.15, 0.2) is 11.5 Å². The van der Waals surface area contributed by atoms with E-state index in [4.69, 9.17) is 4.74 Å². The molecule has 3 N–H and O–H groups in total. The number of hydrogen-bond acceptors (Lipinski definition) is 4. The van der Waals surface area contributed by atoms with E-state index < -0.39 is 0 Å². The van der Waals surface area contributed by atoms with Crippen LogP contribution >= 0.6 is 0 Å². The van der Waals surface area contributed by atoms with Crippen molar-refractivity contribution >= 4 is 17.3 Å². The lowest BCUT2D eigenvalue weighted by atomic mass is 9.76. The first kappa shape index (κ1) is 20.2. The molecule has 0 radical (unpaired) electrons. The third-order valence-electron chi connectivity index (χ3n) is 6.60. The van der Waals surface area contributed by atoms with Gasteiger partial charge in [-0.3, -0.25) is 4.79 Å². The molecule has 5 rings (SSSR count). The van der Waals surface area contributed by atoms with E-state index in [-0.39, 0.29) is 29.5 Å². The van der Waals surface area contributed by atoms with Crippen LogP contribution < -0.4 is 15.4 Å². The molecule has 3 unspecified atom stereocenters. The molecule has 1 amide bonds. The van der Waals surface area contributed by atoms with Crippen molar-refractivity contribution in [2.45, 2.75) is 25.3 Å². The molecule has 162 valence electrons. The minimum Gasteiger partial charge on any atom is -0.504 e.